The van der Waals surface area contributed by atoms with Gasteiger partial charge in [0.05, 0.1) is 42.4 Å². The molecular weight excluding hydrogens is 684 g/mol. The molecule has 0 amide bonds. The van der Waals surface area contributed by atoms with Gasteiger partial charge >= 0.3 is 18.3 Å². The molecule has 0 unspecified atom stereocenters. The van der Waals surface area contributed by atoms with Gasteiger partial charge in [-0.3, -0.25) is 14.7 Å². The van der Waals surface area contributed by atoms with E-state index in [1.54, 1.807) is 13.3 Å². The number of carboxylic acids is 1. The molecule has 0 bridgehead atoms. The SMILES string of the molecule is COCC1(CN(C)c2cc(-c3cnc(C(F)(F)F)c(C(F)(F)F)c3)nc3nc(-c4cnc(N5CCN(CCC(=O)O)CC5)cn4)[nH]c23)CCCC1. The molecule has 0 atom stereocenters. The zero-order valence-electron chi connectivity index (χ0n) is 28.0. The third-order valence-corrected chi connectivity index (χ3v) is 9.52. The van der Waals surface area contributed by atoms with Crippen LogP contribution < -0.4 is 9.80 Å². The monoisotopic (exact) mass is 721 g/mol. The molecule has 4 aromatic heterocycles. The average Bonchev–Trinajstić information content (AvgIpc) is 3.73. The molecule has 0 aromatic carbocycles. The Kier molecular flexibility index (Phi) is 10.1. The predicted molar refractivity (Wildman–Crippen MR) is 175 cm³/mol. The van der Waals surface area contributed by atoms with Crippen LogP contribution in [0.1, 0.15) is 43.4 Å². The second-order valence-electron chi connectivity index (χ2n) is 13.2. The van der Waals surface area contributed by atoms with Gasteiger partial charge in [0, 0.05) is 70.6 Å². The molecule has 2 fully saturated rings. The summed E-state index contributed by atoms with van der Waals surface area (Å²) in [4.78, 5) is 41.6. The number of aromatic nitrogens is 6. The lowest BCUT2D eigenvalue weighted by molar-refractivity contribution is -0.164. The Morgan fingerprint density at radius 1 is 0.961 bits per heavy atom. The molecule has 6 rings (SSSR count). The van der Waals surface area contributed by atoms with Crippen LogP contribution in [0.2, 0.25) is 0 Å². The summed E-state index contributed by atoms with van der Waals surface area (Å²) in [6.45, 7) is 4.14. The van der Waals surface area contributed by atoms with Crippen molar-refractivity contribution in [2.24, 2.45) is 5.41 Å². The summed E-state index contributed by atoms with van der Waals surface area (Å²) in [6.07, 6.45) is -2.80. The number of imidazole rings is 1. The Bertz CT molecular complexity index is 1850. The number of anilines is 2. The lowest BCUT2D eigenvalue weighted by Gasteiger charge is -2.34. The van der Waals surface area contributed by atoms with Crippen molar-refractivity contribution in [3.8, 4) is 22.8 Å². The van der Waals surface area contributed by atoms with Crippen LogP contribution in [0.25, 0.3) is 33.9 Å². The molecule has 1 saturated carbocycles. The Hall–Kier alpha value is -4.58. The number of H-pyrrole nitrogens is 1. The van der Waals surface area contributed by atoms with Crippen LogP contribution in [0, 0.1) is 5.41 Å². The fraction of sp³-hybridized carbons (Fsp3) is 0.515. The van der Waals surface area contributed by atoms with E-state index in [1.807, 2.05) is 16.8 Å². The molecule has 0 radical (unpaired) electrons. The van der Waals surface area contributed by atoms with E-state index in [2.05, 4.69) is 34.8 Å². The van der Waals surface area contributed by atoms with E-state index in [0.29, 0.717) is 74.7 Å². The summed E-state index contributed by atoms with van der Waals surface area (Å²) >= 11 is 0. The van der Waals surface area contributed by atoms with Crippen LogP contribution in [-0.2, 0) is 21.9 Å². The van der Waals surface area contributed by atoms with Gasteiger partial charge in [-0.2, -0.15) is 26.3 Å². The number of aromatic amines is 1. The zero-order chi connectivity index (χ0) is 36.6. The number of carbonyl (C=O) groups is 1. The number of pyridine rings is 2. The Labute approximate surface area is 288 Å². The lowest BCUT2D eigenvalue weighted by atomic mass is 9.86. The zero-order valence-corrected chi connectivity index (χ0v) is 28.0. The van der Waals surface area contributed by atoms with Crippen LogP contribution in [0.4, 0.5) is 37.8 Å². The fourth-order valence-corrected chi connectivity index (χ4v) is 7.02. The first-order valence-corrected chi connectivity index (χ1v) is 16.4. The number of alkyl halides is 6. The third kappa shape index (κ3) is 8.01. The molecule has 5 heterocycles. The maximum atomic E-state index is 13.9. The molecule has 274 valence electrons. The van der Waals surface area contributed by atoms with Crippen molar-refractivity contribution < 1.29 is 41.0 Å². The van der Waals surface area contributed by atoms with Crippen LogP contribution in [-0.4, -0.2) is 106 Å². The molecular formula is C33H37F6N9O3. The predicted octanol–water partition coefficient (Wildman–Crippen LogP) is 5.75. The number of ether oxygens (including phenoxy) is 1. The van der Waals surface area contributed by atoms with Crippen molar-refractivity contribution in [2.45, 2.75) is 44.5 Å². The second-order valence-corrected chi connectivity index (χ2v) is 13.2. The van der Waals surface area contributed by atoms with Gasteiger partial charge in [-0.15, -0.1) is 0 Å². The van der Waals surface area contributed by atoms with E-state index in [-0.39, 0.29) is 34.6 Å². The van der Waals surface area contributed by atoms with Gasteiger partial charge in [0.2, 0.25) is 0 Å². The minimum Gasteiger partial charge on any atom is -0.481 e. The largest absolute Gasteiger partial charge is 0.481 e. The van der Waals surface area contributed by atoms with E-state index in [4.69, 9.17) is 9.84 Å². The summed E-state index contributed by atoms with van der Waals surface area (Å²) in [5, 5.41) is 8.96. The van der Waals surface area contributed by atoms with Gasteiger partial charge in [-0.05, 0) is 25.0 Å². The van der Waals surface area contributed by atoms with E-state index in [0.717, 1.165) is 31.9 Å². The number of rotatable bonds is 11. The minimum absolute atomic E-state index is 0.0368. The number of aliphatic carboxylic acids is 1. The van der Waals surface area contributed by atoms with Crippen molar-refractivity contribution >= 4 is 28.6 Å². The van der Waals surface area contributed by atoms with Gasteiger partial charge in [0.15, 0.2) is 17.2 Å². The van der Waals surface area contributed by atoms with Crippen molar-refractivity contribution in [2.75, 3.05) is 69.8 Å². The van der Waals surface area contributed by atoms with E-state index >= 15 is 0 Å². The molecule has 51 heavy (non-hydrogen) atoms. The molecule has 12 nitrogen and oxygen atoms in total. The number of nitrogens with zero attached hydrogens (tertiary/aromatic N) is 8. The molecule has 18 heteroatoms. The third-order valence-electron chi connectivity index (χ3n) is 9.52. The first-order chi connectivity index (χ1) is 24.2. The Morgan fingerprint density at radius 3 is 2.29 bits per heavy atom. The van der Waals surface area contributed by atoms with Gasteiger partial charge in [0.1, 0.15) is 17.0 Å². The van der Waals surface area contributed by atoms with Crippen LogP contribution in [0.5, 0.6) is 0 Å². The number of methoxy groups -OCH3 is 1. The van der Waals surface area contributed by atoms with Crippen LogP contribution >= 0.6 is 0 Å². The standard InChI is InChI=1S/C33H37F6N9O3/c1-46(18-31(19-51-2)6-3-4-7-31)24-14-22(20-13-21(32(34,35)36)28(42-15-20)33(37,38)39)43-30-27(24)44-29(45-30)23-16-41-25(17-40-23)48-11-9-47(10-12-48)8-5-26(49)50/h13-17H,3-12,18-19H2,1-2H3,(H,49,50)(H,43,44,45). The fourth-order valence-electron chi connectivity index (χ4n) is 7.02. The first kappa shape index (κ1) is 36.2. The summed E-state index contributed by atoms with van der Waals surface area (Å²) in [5.74, 6) is 0.0744. The van der Waals surface area contributed by atoms with Crippen molar-refractivity contribution in [3.05, 3.63) is 42.0 Å². The smallest absolute Gasteiger partial charge is 0.433 e. The molecule has 1 saturated heterocycles. The van der Waals surface area contributed by atoms with Crippen molar-refractivity contribution in [3.63, 3.8) is 0 Å². The normalized spacial score (nSPS) is 17.0. The van der Waals surface area contributed by atoms with Crippen LogP contribution in [0.3, 0.4) is 0 Å². The van der Waals surface area contributed by atoms with E-state index in [9.17, 15) is 31.1 Å². The Balaban J connectivity index is 1.35. The van der Waals surface area contributed by atoms with Gasteiger partial charge in [-0.1, -0.05) is 12.8 Å². The lowest BCUT2D eigenvalue weighted by Crippen LogP contribution is -2.47. The average molecular weight is 722 g/mol. The molecule has 2 N–H and O–H groups in total. The highest BCUT2D eigenvalue weighted by molar-refractivity contribution is 5.91. The van der Waals surface area contributed by atoms with Crippen molar-refractivity contribution in [1.29, 1.82) is 0 Å². The number of piperazine rings is 1. The minimum atomic E-state index is -5.31. The summed E-state index contributed by atoms with van der Waals surface area (Å²) in [6, 6.07) is 1.94. The number of fused-ring (bicyclic) bond motifs is 1. The van der Waals surface area contributed by atoms with Gasteiger partial charge < -0.3 is 24.6 Å². The maximum Gasteiger partial charge on any atom is 0.433 e. The van der Waals surface area contributed by atoms with Crippen molar-refractivity contribution in [1.82, 2.24) is 34.8 Å². The highest BCUT2D eigenvalue weighted by atomic mass is 19.4. The number of carboxylic acid groups (broad SMARTS) is 1. The highest BCUT2D eigenvalue weighted by Gasteiger charge is 2.45. The topological polar surface area (TPSA) is 136 Å². The molecule has 2 aliphatic rings. The van der Waals surface area contributed by atoms with E-state index in [1.165, 1.54) is 12.3 Å². The summed E-state index contributed by atoms with van der Waals surface area (Å²) < 4.78 is 87.6. The first-order valence-electron chi connectivity index (χ1n) is 16.4. The van der Waals surface area contributed by atoms with Gasteiger partial charge in [-0.25, -0.2) is 19.9 Å². The molecule has 1 aliphatic carbocycles. The summed E-state index contributed by atoms with van der Waals surface area (Å²) in [7, 11) is 3.46. The maximum absolute atomic E-state index is 13.9. The van der Waals surface area contributed by atoms with Crippen LogP contribution in [0.15, 0.2) is 30.7 Å². The quantitative estimate of drug-likeness (QED) is 0.183. The summed E-state index contributed by atoms with van der Waals surface area (Å²) in [5.41, 5.74) is -2.93. The molecule has 4 aromatic rings. The van der Waals surface area contributed by atoms with E-state index < -0.39 is 29.6 Å². The highest BCUT2D eigenvalue weighted by Crippen LogP contribution is 2.43. The number of halogens is 6. The second kappa shape index (κ2) is 14.2. The van der Waals surface area contributed by atoms with Gasteiger partial charge in [0.25, 0.3) is 0 Å². The molecule has 0 spiro atoms. The number of hydrogen-bond donors (Lipinski definition) is 2. The Morgan fingerprint density at radius 2 is 1.69 bits per heavy atom. The number of hydrogen-bond acceptors (Lipinski definition) is 10. The molecule has 1 aliphatic heterocycles. The number of nitrogens with one attached hydrogen (secondary N) is 1.